The second-order valence-electron chi connectivity index (χ2n) is 3.24. The van der Waals surface area contributed by atoms with Crippen LogP contribution in [0.4, 0.5) is 0 Å². The van der Waals surface area contributed by atoms with E-state index in [0.717, 1.165) is 18.4 Å². The summed E-state index contributed by atoms with van der Waals surface area (Å²) in [6, 6.07) is 6.86. The number of rotatable bonds is 5. The summed E-state index contributed by atoms with van der Waals surface area (Å²) in [5.74, 6) is 0. The molecule has 4 nitrogen and oxygen atoms in total. The summed E-state index contributed by atoms with van der Waals surface area (Å²) in [7, 11) is -1.91. The fourth-order valence-corrected chi connectivity index (χ4v) is 1.99. The molecule has 0 aromatic heterocycles. The van der Waals surface area contributed by atoms with E-state index in [0.29, 0.717) is 11.4 Å². The normalized spacial score (nSPS) is 11.6. The van der Waals surface area contributed by atoms with Crippen LogP contribution in [0.5, 0.6) is 0 Å². The Bertz CT molecular complexity index is 398. The van der Waals surface area contributed by atoms with E-state index in [2.05, 4.69) is 4.72 Å². The van der Waals surface area contributed by atoms with Gasteiger partial charge in [0.1, 0.15) is 0 Å². The molecular weight excluding hydrogens is 212 g/mol. The monoisotopic (exact) mass is 228 g/mol. The fourth-order valence-electron chi connectivity index (χ4n) is 1.26. The average molecular weight is 228 g/mol. The van der Waals surface area contributed by atoms with E-state index >= 15 is 0 Å². The highest BCUT2D eigenvalue weighted by Crippen LogP contribution is 2.11. The van der Waals surface area contributed by atoms with E-state index in [1.54, 1.807) is 12.1 Å². The van der Waals surface area contributed by atoms with Crippen LogP contribution >= 0.6 is 0 Å². The van der Waals surface area contributed by atoms with Crippen LogP contribution in [0, 0.1) is 0 Å². The molecule has 0 radical (unpaired) electrons. The molecule has 0 aliphatic rings. The van der Waals surface area contributed by atoms with Crippen LogP contribution < -0.4 is 10.5 Å². The van der Waals surface area contributed by atoms with E-state index in [9.17, 15) is 8.42 Å². The van der Waals surface area contributed by atoms with Gasteiger partial charge in [-0.15, -0.1) is 0 Å². The molecule has 0 fully saturated rings. The Morgan fingerprint density at radius 3 is 2.33 bits per heavy atom. The Morgan fingerprint density at radius 1 is 1.27 bits per heavy atom. The first kappa shape index (κ1) is 12.2. The Balaban J connectivity index is 2.81. The lowest BCUT2D eigenvalue weighted by Gasteiger charge is -2.04. The minimum atomic E-state index is -3.31. The highest BCUT2D eigenvalue weighted by Gasteiger charge is 2.09. The SMILES string of the molecule is CNS(=O)(=O)c1ccc(CCCN)cc1. The summed E-state index contributed by atoms with van der Waals surface area (Å²) in [4.78, 5) is 0.293. The first-order valence-corrected chi connectivity index (χ1v) is 6.31. The third-order valence-corrected chi connectivity index (χ3v) is 3.60. The predicted molar refractivity (Wildman–Crippen MR) is 60.1 cm³/mol. The van der Waals surface area contributed by atoms with Gasteiger partial charge in [0.05, 0.1) is 4.90 Å². The zero-order valence-corrected chi connectivity index (χ0v) is 9.55. The van der Waals surface area contributed by atoms with Crippen molar-refractivity contribution in [1.82, 2.24) is 4.72 Å². The molecule has 0 unspecified atom stereocenters. The van der Waals surface area contributed by atoms with Gasteiger partial charge in [-0.1, -0.05) is 12.1 Å². The zero-order chi connectivity index (χ0) is 11.3. The van der Waals surface area contributed by atoms with Crippen LogP contribution in [0.25, 0.3) is 0 Å². The maximum atomic E-state index is 11.4. The number of nitrogens with two attached hydrogens (primary N) is 1. The van der Waals surface area contributed by atoms with Crippen LogP contribution in [-0.2, 0) is 16.4 Å². The Hall–Kier alpha value is -0.910. The molecule has 0 aliphatic carbocycles. The third-order valence-electron chi connectivity index (χ3n) is 2.17. The smallest absolute Gasteiger partial charge is 0.240 e. The number of hydrogen-bond donors (Lipinski definition) is 2. The molecule has 15 heavy (non-hydrogen) atoms. The summed E-state index contributed by atoms with van der Waals surface area (Å²) in [5.41, 5.74) is 6.50. The summed E-state index contributed by atoms with van der Waals surface area (Å²) >= 11 is 0. The molecule has 0 amide bonds. The largest absolute Gasteiger partial charge is 0.330 e. The summed E-state index contributed by atoms with van der Waals surface area (Å²) in [6.07, 6.45) is 1.80. The Labute approximate surface area is 90.5 Å². The van der Waals surface area contributed by atoms with E-state index in [-0.39, 0.29) is 0 Å². The van der Waals surface area contributed by atoms with Crippen molar-refractivity contribution in [2.24, 2.45) is 5.73 Å². The van der Waals surface area contributed by atoms with E-state index < -0.39 is 10.0 Å². The van der Waals surface area contributed by atoms with Crippen molar-refractivity contribution in [1.29, 1.82) is 0 Å². The standard InChI is InChI=1S/C10H16N2O2S/c1-12-15(13,14)10-6-4-9(5-7-10)3-2-8-11/h4-7,12H,2-3,8,11H2,1H3. The quantitative estimate of drug-likeness (QED) is 0.770. The van der Waals surface area contributed by atoms with Gasteiger partial charge in [0.25, 0.3) is 0 Å². The molecule has 0 saturated carbocycles. The van der Waals surface area contributed by atoms with Gasteiger partial charge in [-0.2, -0.15) is 0 Å². The molecule has 84 valence electrons. The number of sulfonamides is 1. The number of hydrogen-bond acceptors (Lipinski definition) is 3. The van der Waals surface area contributed by atoms with Crippen molar-refractivity contribution < 1.29 is 8.42 Å². The second kappa shape index (κ2) is 5.25. The van der Waals surface area contributed by atoms with Crippen LogP contribution in [0.2, 0.25) is 0 Å². The van der Waals surface area contributed by atoms with Crippen molar-refractivity contribution >= 4 is 10.0 Å². The van der Waals surface area contributed by atoms with E-state index in [4.69, 9.17) is 5.73 Å². The lowest BCUT2D eigenvalue weighted by Crippen LogP contribution is -2.18. The van der Waals surface area contributed by atoms with Crippen molar-refractivity contribution in [3.05, 3.63) is 29.8 Å². The fraction of sp³-hybridized carbons (Fsp3) is 0.400. The Kier molecular flexibility index (Phi) is 4.26. The molecule has 1 rings (SSSR count). The number of nitrogens with one attached hydrogen (secondary N) is 1. The van der Waals surface area contributed by atoms with E-state index in [1.807, 2.05) is 12.1 Å². The topological polar surface area (TPSA) is 72.2 Å². The number of benzene rings is 1. The highest BCUT2D eigenvalue weighted by molar-refractivity contribution is 7.89. The molecule has 3 N–H and O–H groups in total. The molecule has 0 saturated heterocycles. The molecule has 0 aliphatic heterocycles. The lowest BCUT2D eigenvalue weighted by atomic mass is 10.1. The van der Waals surface area contributed by atoms with Gasteiger partial charge < -0.3 is 5.73 Å². The van der Waals surface area contributed by atoms with Crippen LogP contribution in [-0.4, -0.2) is 22.0 Å². The predicted octanol–water partition coefficient (Wildman–Crippen LogP) is 0.486. The third kappa shape index (κ3) is 3.30. The average Bonchev–Trinajstić information content (AvgIpc) is 2.27. The minimum Gasteiger partial charge on any atom is -0.330 e. The van der Waals surface area contributed by atoms with Crippen LogP contribution in [0.1, 0.15) is 12.0 Å². The van der Waals surface area contributed by atoms with Crippen molar-refractivity contribution in [3.8, 4) is 0 Å². The van der Waals surface area contributed by atoms with Gasteiger partial charge in [0, 0.05) is 0 Å². The van der Waals surface area contributed by atoms with Crippen LogP contribution in [0.15, 0.2) is 29.2 Å². The maximum Gasteiger partial charge on any atom is 0.240 e. The first-order valence-electron chi connectivity index (χ1n) is 4.82. The molecular formula is C10H16N2O2S. The van der Waals surface area contributed by atoms with Crippen molar-refractivity contribution in [2.45, 2.75) is 17.7 Å². The Morgan fingerprint density at radius 2 is 1.87 bits per heavy atom. The van der Waals surface area contributed by atoms with Gasteiger partial charge >= 0.3 is 0 Å². The van der Waals surface area contributed by atoms with Gasteiger partial charge in [0.15, 0.2) is 0 Å². The molecule has 0 heterocycles. The van der Waals surface area contributed by atoms with Crippen LogP contribution in [0.3, 0.4) is 0 Å². The van der Waals surface area contributed by atoms with Crippen molar-refractivity contribution in [2.75, 3.05) is 13.6 Å². The van der Waals surface area contributed by atoms with Gasteiger partial charge in [-0.3, -0.25) is 0 Å². The first-order chi connectivity index (χ1) is 7.10. The molecule has 0 spiro atoms. The minimum absolute atomic E-state index is 0.293. The molecule has 1 aromatic rings. The van der Waals surface area contributed by atoms with Gasteiger partial charge in [0.2, 0.25) is 10.0 Å². The number of aryl methyl sites for hydroxylation is 1. The molecule has 0 atom stereocenters. The van der Waals surface area contributed by atoms with Crippen molar-refractivity contribution in [3.63, 3.8) is 0 Å². The maximum absolute atomic E-state index is 11.4. The second-order valence-corrected chi connectivity index (χ2v) is 5.13. The molecule has 5 heteroatoms. The highest BCUT2D eigenvalue weighted by atomic mass is 32.2. The van der Waals surface area contributed by atoms with Gasteiger partial charge in [-0.25, -0.2) is 13.1 Å². The van der Waals surface area contributed by atoms with E-state index in [1.165, 1.54) is 7.05 Å². The molecule has 0 bridgehead atoms. The molecule has 1 aromatic carbocycles. The lowest BCUT2D eigenvalue weighted by molar-refractivity contribution is 0.588. The summed E-state index contributed by atoms with van der Waals surface area (Å²) in [5, 5.41) is 0. The zero-order valence-electron chi connectivity index (χ0n) is 8.73. The summed E-state index contributed by atoms with van der Waals surface area (Å²) in [6.45, 7) is 0.649. The summed E-state index contributed by atoms with van der Waals surface area (Å²) < 4.78 is 25.1. The van der Waals surface area contributed by atoms with Gasteiger partial charge in [-0.05, 0) is 44.1 Å².